The first-order chi connectivity index (χ1) is 9.70. The molecule has 2 aromatic carbocycles. The van der Waals surface area contributed by atoms with E-state index in [0.29, 0.717) is 17.2 Å². The maximum atomic E-state index is 11.2. The van der Waals surface area contributed by atoms with Crippen molar-refractivity contribution in [3.63, 3.8) is 0 Å². The van der Waals surface area contributed by atoms with Gasteiger partial charge < -0.3 is 14.9 Å². The van der Waals surface area contributed by atoms with Crippen LogP contribution in [0.2, 0.25) is 0 Å². The van der Waals surface area contributed by atoms with E-state index in [9.17, 15) is 9.46 Å². The Bertz CT molecular complexity index is 601. The van der Waals surface area contributed by atoms with Crippen LogP contribution in [-0.4, -0.2) is 10.7 Å². The molecule has 0 aliphatic rings. The van der Waals surface area contributed by atoms with Gasteiger partial charge in [0.2, 0.25) is 8.03 Å². The maximum absolute atomic E-state index is 11.2. The smallest absolute Gasteiger partial charge is 0.214 e. The van der Waals surface area contributed by atoms with Crippen molar-refractivity contribution in [3.05, 3.63) is 67.3 Å². The summed E-state index contributed by atoms with van der Waals surface area (Å²) in [4.78, 5) is 9.23. The van der Waals surface area contributed by atoms with Crippen LogP contribution in [-0.2, 0) is 4.57 Å². The van der Waals surface area contributed by atoms with Crippen LogP contribution in [0, 0.1) is 0 Å². The van der Waals surface area contributed by atoms with Crippen LogP contribution in [0.15, 0.2) is 67.3 Å². The van der Waals surface area contributed by atoms with Gasteiger partial charge in [-0.3, -0.25) is 4.57 Å². The number of rotatable bonds is 6. The number of hydrogen-bond acceptors (Lipinski definition) is 3. The second kappa shape index (κ2) is 6.94. The molecule has 4 nitrogen and oxygen atoms in total. The Morgan fingerprint density at radius 1 is 1.15 bits per heavy atom. The summed E-state index contributed by atoms with van der Waals surface area (Å²) in [6.45, 7) is 3.55. The first kappa shape index (κ1) is 14.4. The Morgan fingerprint density at radius 3 is 2.45 bits per heavy atom. The average molecular weight is 289 g/mol. The maximum Gasteiger partial charge on any atom is 0.214 e. The summed E-state index contributed by atoms with van der Waals surface area (Å²) < 4.78 is 17.0. The van der Waals surface area contributed by atoms with Crippen LogP contribution in [0.5, 0.6) is 11.5 Å². The van der Waals surface area contributed by atoms with Gasteiger partial charge in [-0.2, -0.15) is 0 Å². The van der Waals surface area contributed by atoms with Gasteiger partial charge in [-0.25, -0.2) is 0 Å². The van der Waals surface area contributed by atoms with Gasteiger partial charge in [0, 0.05) is 0 Å². The molecule has 0 saturated heterocycles. The first-order valence-corrected chi connectivity index (χ1v) is 7.58. The van der Waals surface area contributed by atoms with Crippen molar-refractivity contribution in [3.8, 4) is 11.5 Å². The molecule has 2 unspecified atom stereocenters. The predicted molar refractivity (Wildman–Crippen MR) is 81.8 cm³/mol. The summed E-state index contributed by atoms with van der Waals surface area (Å²) >= 11 is 0. The SMILES string of the molecule is C=CC(Nc1ccccc1Oc1ccccc1)[PH](=O)O. The molecule has 0 amide bonds. The average Bonchev–Trinajstić information content (AvgIpc) is 2.47. The van der Waals surface area contributed by atoms with Gasteiger partial charge in [0.05, 0.1) is 5.69 Å². The minimum Gasteiger partial charge on any atom is -0.455 e. The minimum atomic E-state index is -2.74. The van der Waals surface area contributed by atoms with Crippen LogP contribution in [0.4, 0.5) is 5.69 Å². The topological polar surface area (TPSA) is 58.6 Å². The lowest BCUT2D eigenvalue weighted by molar-refractivity contribution is 0.483. The lowest BCUT2D eigenvalue weighted by Crippen LogP contribution is -2.12. The highest BCUT2D eigenvalue weighted by Crippen LogP contribution is 2.33. The van der Waals surface area contributed by atoms with E-state index >= 15 is 0 Å². The summed E-state index contributed by atoms with van der Waals surface area (Å²) in [6, 6.07) is 16.6. The summed E-state index contributed by atoms with van der Waals surface area (Å²) in [6.07, 6.45) is 1.42. The molecule has 0 heterocycles. The van der Waals surface area contributed by atoms with Gasteiger partial charge in [-0.15, -0.1) is 6.58 Å². The van der Waals surface area contributed by atoms with Crippen molar-refractivity contribution in [2.24, 2.45) is 0 Å². The van der Waals surface area contributed by atoms with Crippen LogP contribution in [0.25, 0.3) is 0 Å². The fraction of sp³-hybridized carbons (Fsp3) is 0.0667. The third-order valence-electron chi connectivity index (χ3n) is 2.67. The molecule has 0 aromatic heterocycles. The fourth-order valence-electron chi connectivity index (χ4n) is 1.68. The highest BCUT2D eigenvalue weighted by Gasteiger charge is 2.12. The van der Waals surface area contributed by atoms with Crippen molar-refractivity contribution in [1.29, 1.82) is 0 Å². The molecule has 2 aromatic rings. The Kier molecular flexibility index (Phi) is 4.99. The normalized spacial score (nSPS) is 13.2. The molecule has 0 spiro atoms. The lowest BCUT2D eigenvalue weighted by Gasteiger charge is -2.16. The summed E-state index contributed by atoms with van der Waals surface area (Å²) in [5.41, 5.74) is 0.647. The molecule has 0 fully saturated rings. The van der Waals surface area contributed by atoms with Crippen LogP contribution >= 0.6 is 8.03 Å². The number of nitrogens with one attached hydrogen (secondary N) is 1. The zero-order valence-corrected chi connectivity index (χ0v) is 11.8. The number of anilines is 1. The number of para-hydroxylation sites is 3. The van der Waals surface area contributed by atoms with E-state index in [-0.39, 0.29) is 0 Å². The van der Waals surface area contributed by atoms with Crippen LogP contribution in [0.3, 0.4) is 0 Å². The van der Waals surface area contributed by atoms with Gasteiger partial charge in [-0.05, 0) is 24.3 Å². The Labute approximate surface area is 118 Å². The molecule has 0 bridgehead atoms. The molecule has 2 N–H and O–H groups in total. The van der Waals surface area contributed by atoms with Crippen molar-refractivity contribution in [1.82, 2.24) is 0 Å². The van der Waals surface area contributed by atoms with Crippen LogP contribution in [0.1, 0.15) is 0 Å². The van der Waals surface area contributed by atoms with Crippen molar-refractivity contribution < 1.29 is 14.2 Å². The van der Waals surface area contributed by atoms with Gasteiger partial charge >= 0.3 is 0 Å². The van der Waals surface area contributed by atoms with Gasteiger partial charge in [0.15, 0.2) is 5.75 Å². The van der Waals surface area contributed by atoms with Crippen molar-refractivity contribution >= 4 is 13.7 Å². The third-order valence-corrected chi connectivity index (χ3v) is 3.58. The van der Waals surface area contributed by atoms with Crippen molar-refractivity contribution in [2.75, 3.05) is 5.32 Å². The molecule has 0 aliphatic carbocycles. The molecule has 2 rings (SSSR count). The molecule has 0 radical (unpaired) electrons. The second-order valence-corrected chi connectivity index (χ2v) is 5.41. The van der Waals surface area contributed by atoms with E-state index < -0.39 is 13.8 Å². The molecule has 0 aliphatic heterocycles. The van der Waals surface area contributed by atoms with E-state index in [0.717, 1.165) is 0 Å². The quantitative estimate of drug-likeness (QED) is 0.626. The third kappa shape index (κ3) is 3.73. The summed E-state index contributed by atoms with van der Waals surface area (Å²) in [5, 5.41) is 2.96. The lowest BCUT2D eigenvalue weighted by atomic mass is 10.3. The number of benzene rings is 2. The van der Waals surface area contributed by atoms with E-state index in [4.69, 9.17) is 4.74 Å². The molecule has 0 saturated carbocycles. The summed E-state index contributed by atoms with van der Waals surface area (Å²) in [5.74, 6) is 0.614. The number of hydrogen-bond donors (Lipinski definition) is 2. The standard InChI is InChI=1S/C15H16NO3P/c1-2-15(20(17)18)16-13-10-6-7-11-14(13)19-12-8-4-3-5-9-12/h2-11,15-16,20H,1H2,(H,17,18). The van der Waals surface area contributed by atoms with Gasteiger partial charge in [0.25, 0.3) is 0 Å². The molecular weight excluding hydrogens is 273 g/mol. The van der Waals surface area contributed by atoms with E-state index in [1.165, 1.54) is 6.08 Å². The van der Waals surface area contributed by atoms with Crippen LogP contribution < -0.4 is 10.1 Å². The zero-order valence-electron chi connectivity index (χ0n) is 10.8. The van der Waals surface area contributed by atoms with Crippen molar-refractivity contribution in [2.45, 2.75) is 5.78 Å². The molecule has 20 heavy (non-hydrogen) atoms. The molecule has 5 heteroatoms. The molecule has 104 valence electrons. The van der Waals surface area contributed by atoms with Gasteiger partial charge in [0.1, 0.15) is 11.5 Å². The fourth-order valence-corrected chi connectivity index (χ4v) is 2.16. The predicted octanol–water partition coefficient (Wildman–Crippen LogP) is 3.87. The highest BCUT2D eigenvalue weighted by molar-refractivity contribution is 7.39. The Hall–Kier alpha value is -2.03. The number of ether oxygens (including phenoxy) is 1. The summed E-state index contributed by atoms with van der Waals surface area (Å²) in [7, 11) is -2.74. The zero-order chi connectivity index (χ0) is 14.4. The molecular formula is C15H16NO3P. The molecule has 2 atom stereocenters. The first-order valence-electron chi connectivity index (χ1n) is 6.14. The largest absolute Gasteiger partial charge is 0.455 e. The Morgan fingerprint density at radius 2 is 1.80 bits per heavy atom. The second-order valence-electron chi connectivity index (χ2n) is 4.11. The van der Waals surface area contributed by atoms with E-state index in [1.54, 1.807) is 12.1 Å². The Balaban J connectivity index is 2.22. The monoisotopic (exact) mass is 289 g/mol. The minimum absolute atomic E-state index is 0.591. The van der Waals surface area contributed by atoms with E-state index in [2.05, 4.69) is 11.9 Å². The van der Waals surface area contributed by atoms with Gasteiger partial charge in [-0.1, -0.05) is 36.4 Å². The highest BCUT2D eigenvalue weighted by atomic mass is 31.1. The van der Waals surface area contributed by atoms with E-state index in [1.807, 2.05) is 42.5 Å².